The Morgan fingerprint density at radius 1 is 1.00 bits per heavy atom. The van der Waals surface area contributed by atoms with Crippen LogP contribution in [0.15, 0.2) is 35.7 Å². The molecule has 1 fully saturated rings. The standard InChI is InChI=1S/C27H35N3O4S/c1-4-34-25(32)10-9-24(31)28-14-16-29(17-15-28)27(33)20(3)30-13-11-23-22(12-18-35-23)26(30)21-8-6-5-7-19(21)2/h5-8,12,18,20,26H,4,9-11,13-17H2,1-3H3/t20-,26+/m0/s1. The molecule has 2 amide bonds. The molecule has 1 saturated heterocycles. The van der Waals surface area contributed by atoms with E-state index in [-0.39, 0.29) is 42.7 Å². The molecule has 35 heavy (non-hydrogen) atoms. The summed E-state index contributed by atoms with van der Waals surface area (Å²) >= 11 is 1.80. The molecule has 1 aromatic carbocycles. The second-order valence-electron chi connectivity index (χ2n) is 9.23. The Bertz CT molecular complexity index is 1060. The van der Waals surface area contributed by atoms with Gasteiger partial charge in [-0.1, -0.05) is 24.3 Å². The van der Waals surface area contributed by atoms with Crippen LogP contribution >= 0.6 is 11.3 Å². The molecule has 2 aromatic rings. The van der Waals surface area contributed by atoms with Crippen LogP contribution < -0.4 is 0 Å². The second kappa shape index (κ2) is 11.4. The van der Waals surface area contributed by atoms with E-state index in [4.69, 9.17) is 4.74 Å². The Balaban J connectivity index is 1.41. The molecular weight excluding hydrogens is 462 g/mol. The first kappa shape index (κ1) is 25.4. The van der Waals surface area contributed by atoms with E-state index in [0.29, 0.717) is 32.8 Å². The predicted molar refractivity (Wildman–Crippen MR) is 136 cm³/mol. The van der Waals surface area contributed by atoms with Crippen molar-refractivity contribution in [1.82, 2.24) is 14.7 Å². The fraction of sp³-hybridized carbons (Fsp3) is 0.519. The summed E-state index contributed by atoms with van der Waals surface area (Å²) in [5.41, 5.74) is 3.80. The van der Waals surface area contributed by atoms with Crippen LogP contribution in [0.2, 0.25) is 0 Å². The van der Waals surface area contributed by atoms with Crippen LogP contribution in [0.5, 0.6) is 0 Å². The van der Waals surface area contributed by atoms with Crippen molar-refractivity contribution in [2.24, 2.45) is 0 Å². The number of aryl methyl sites for hydroxylation is 1. The summed E-state index contributed by atoms with van der Waals surface area (Å²) in [6.07, 6.45) is 1.20. The zero-order valence-electron chi connectivity index (χ0n) is 20.9. The normalized spacial score (nSPS) is 19.2. The first-order valence-electron chi connectivity index (χ1n) is 12.5. The molecule has 4 rings (SSSR count). The number of amides is 2. The van der Waals surface area contributed by atoms with Crippen LogP contribution in [-0.2, 0) is 25.5 Å². The molecule has 3 heterocycles. The highest BCUT2D eigenvalue weighted by atomic mass is 32.1. The Morgan fingerprint density at radius 3 is 2.43 bits per heavy atom. The highest BCUT2D eigenvalue weighted by Crippen LogP contribution is 2.40. The number of hydrogen-bond acceptors (Lipinski definition) is 6. The number of thiophene rings is 1. The number of carbonyl (C=O) groups is 3. The van der Waals surface area contributed by atoms with Gasteiger partial charge in [-0.15, -0.1) is 11.3 Å². The van der Waals surface area contributed by atoms with Gasteiger partial charge in [0, 0.05) is 44.0 Å². The Labute approximate surface area is 211 Å². The number of ether oxygens (including phenoxy) is 1. The van der Waals surface area contributed by atoms with Crippen LogP contribution in [0.3, 0.4) is 0 Å². The second-order valence-corrected chi connectivity index (χ2v) is 10.2. The lowest BCUT2D eigenvalue weighted by Gasteiger charge is -2.43. The summed E-state index contributed by atoms with van der Waals surface area (Å²) in [7, 11) is 0. The maximum atomic E-state index is 13.6. The van der Waals surface area contributed by atoms with Crippen molar-refractivity contribution in [3.05, 3.63) is 57.3 Å². The zero-order valence-corrected chi connectivity index (χ0v) is 21.7. The average Bonchev–Trinajstić information content (AvgIpc) is 3.36. The van der Waals surface area contributed by atoms with Gasteiger partial charge in [0.2, 0.25) is 11.8 Å². The average molecular weight is 498 g/mol. The van der Waals surface area contributed by atoms with Crippen LogP contribution in [0.4, 0.5) is 0 Å². The van der Waals surface area contributed by atoms with Crippen molar-refractivity contribution in [1.29, 1.82) is 0 Å². The van der Waals surface area contributed by atoms with Gasteiger partial charge in [0.1, 0.15) is 0 Å². The van der Waals surface area contributed by atoms with Gasteiger partial charge in [-0.2, -0.15) is 0 Å². The fourth-order valence-electron chi connectivity index (χ4n) is 5.18. The molecule has 2 atom stereocenters. The van der Waals surface area contributed by atoms with Crippen LogP contribution in [0, 0.1) is 6.92 Å². The van der Waals surface area contributed by atoms with E-state index in [9.17, 15) is 14.4 Å². The number of hydrogen-bond donors (Lipinski definition) is 0. The van der Waals surface area contributed by atoms with Gasteiger partial charge in [0.05, 0.1) is 25.1 Å². The topological polar surface area (TPSA) is 70.2 Å². The number of piperazine rings is 1. The summed E-state index contributed by atoms with van der Waals surface area (Å²) in [5, 5.41) is 2.16. The number of nitrogens with zero attached hydrogens (tertiary/aromatic N) is 3. The van der Waals surface area contributed by atoms with Crippen LogP contribution in [-0.4, -0.2) is 77.9 Å². The van der Waals surface area contributed by atoms with Crippen molar-refractivity contribution in [3.8, 4) is 0 Å². The van der Waals surface area contributed by atoms with E-state index in [0.717, 1.165) is 13.0 Å². The molecule has 0 unspecified atom stereocenters. The minimum absolute atomic E-state index is 0.0566. The van der Waals surface area contributed by atoms with Crippen molar-refractivity contribution >= 4 is 29.1 Å². The van der Waals surface area contributed by atoms with Gasteiger partial charge >= 0.3 is 5.97 Å². The first-order valence-corrected chi connectivity index (χ1v) is 13.4. The number of benzene rings is 1. The summed E-state index contributed by atoms with van der Waals surface area (Å²) in [4.78, 5) is 45.0. The first-order chi connectivity index (χ1) is 16.9. The van der Waals surface area contributed by atoms with Gasteiger partial charge < -0.3 is 14.5 Å². The fourth-order valence-corrected chi connectivity index (χ4v) is 6.08. The van der Waals surface area contributed by atoms with Crippen LogP contribution in [0.1, 0.15) is 54.3 Å². The lowest BCUT2D eigenvalue weighted by Crippen LogP contribution is -2.56. The lowest BCUT2D eigenvalue weighted by molar-refractivity contribution is -0.147. The van der Waals surface area contributed by atoms with E-state index in [1.165, 1.54) is 21.6 Å². The smallest absolute Gasteiger partial charge is 0.306 e. The predicted octanol–water partition coefficient (Wildman–Crippen LogP) is 3.41. The van der Waals surface area contributed by atoms with Gasteiger partial charge in [-0.3, -0.25) is 19.3 Å². The maximum absolute atomic E-state index is 13.6. The number of rotatable bonds is 7. The third kappa shape index (κ3) is 5.59. The Hall–Kier alpha value is -2.71. The van der Waals surface area contributed by atoms with Gasteiger partial charge in [-0.25, -0.2) is 0 Å². The van der Waals surface area contributed by atoms with Crippen molar-refractivity contribution in [2.45, 2.75) is 52.1 Å². The monoisotopic (exact) mass is 497 g/mol. The third-order valence-corrected chi connectivity index (χ3v) is 8.13. The van der Waals surface area contributed by atoms with Crippen molar-refractivity contribution in [3.63, 3.8) is 0 Å². The number of esters is 1. The van der Waals surface area contributed by atoms with Crippen molar-refractivity contribution in [2.75, 3.05) is 39.3 Å². The maximum Gasteiger partial charge on any atom is 0.306 e. The highest BCUT2D eigenvalue weighted by Gasteiger charge is 2.37. The largest absolute Gasteiger partial charge is 0.466 e. The molecule has 2 aliphatic rings. The van der Waals surface area contributed by atoms with Gasteiger partial charge in [0.15, 0.2) is 0 Å². The molecule has 0 spiro atoms. The molecule has 0 bridgehead atoms. The molecule has 7 nitrogen and oxygen atoms in total. The molecule has 2 aliphatic heterocycles. The summed E-state index contributed by atoms with van der Waals surface area (Å²) < 4.78 is 4.91. The SMILES string of the molecule is CCOC(=O)CCC(=O)N1CCN(C(=O)[C@H](C)N2CCc3sccc3[C@H]2c2ccccc2C)CC1. The Kier molecular flexibility index (Phi) is 8.23. The lowest BCUT2D eigenvalue weighted by atomic mass is 9.89. The zero-order chi connectivity index (χ0) is 24.9. The van der Waals surface area contributed by atoms with E-state index in [1.54, 1.807) is 23.2 Å². The van der Waals surface area contributed by atoms with Gasteiger partial charge in [0.25, 0.3) is 0 Å². The molecule has 8 heteroatoms. The molecule has 1 aromatic heterocycles. The molecule has 188 valence electrons. The molecule has 0 saturated carbocycles. The minimum Gasteiger partial charge on any atom is -0.466 e. The van der Waals surface area contributed by atoms with Crippen LogP contribution in [0.25, 0.3) is 0 Å². The van der Waals surface area contributed by atoms with Crippen molar-refractivity contribution < 1.29 is 19.1 Å². The number of carbonyl (C=O) groups excluding carboxylic acids is 3. The summed E-state index contributed by atoms with van der Waals surface area (Å²) in [6, 6.07) is 10.5. The third-order valence-electron chi connectivity index (χ3n) is 7.13. The quantitative estimate of drug-likeness (QED) is 0.549. The minimum atomic E-state index is -0.345. The summed E-state index contributed by atoms with van der Waals surface area (Å²) in [6.45, 7) is 9.09. The van der Waals surface area contributed by atoms with Gasteiger partial charge in [-0.05, 0) is 55.3 Å². The molecule has 0 N–H and O–H groups in total. The molecular formula is C27H35N3O4S. The molecule has 0 radical (unpaired) electrons. The van der Waals surface area contributed by atoms with E-state index < -0.39 is 0 Å². The highest BCUT2D eigenvalue weighted by molar-refractivity contribution is 7.10. The van der Waals surface area contributed by atoms with E-state index >= 15 is 0 Å². The van der Waals surface area contributed by atoms with E-state index in [1.807, 2.05) is 11.8 Å². The Morgan fingerprint density at radius 2 is 1.71 bits per heavy atom. The molecule has 0 aliphatic carbocycles. The summed E-state index contributed by atoms with van der Waals surface area (Å²) in [5.74, 6) is -0.290. The number of fused-ring (bicyclic) bond motifs is 1. The van der Waals surface area contributed by atoms with E-state index in [2.05, 4.69) is 47.5 Å².